The van der Waals surface area contributed by atoms with E-state index in [0.29, 0.717) is 18.6 Å². The number of ether oxygens (including phenoxy) is 1. The summed E-state index contributed by atoms with van der Waals surface area (Å²) in [6.45, 7) is 4.08. The van der Waals surface area contributed by atoms with Gasteiger partial charge in [-0.05, 0) is 25.5 Å². The molecule has 5 nitrogen and oxygen atoms in total. The van der Waals surface area contributed by atoms with E-state index in [9.17, 15) is 14.7 Å². The van der Waals surface area contributed by atoms with Crippen LogP contribution in [0, 0.1) is 0 Å². The lowest BCUT2D eigenvalue weighted by molar-refractivity contribution is -0.143. The predicted molar refractivity (Wildman–Crippen MR) is 79.9 cm³/mol. The smallest absolute Gasteiger partial charge is 0.307 e. The van der Waals surface area contributed by atoms with Crippen molar-refractivity contribution in [3.05, 3.63) is 35.9 Å². The van der Waals surface area contributed by atoms with E-state index in [1.165, 1.54) is 0 Å². The van der Waals surface area contributed by atoms with Crippen LogP contribution in [0.15, 0.2) is 30.3 Å². The molecule has 0 aliphatic carbocycles. The fourth-order valence-corrected chi connectivity index (χ4v) is 2.09. The van der Waals surface area contributed by atoms with Crippen LogP contribution in [0.1, 0.15) is 37.0 Å². The van der Waals surface area contributed by atoms with Crippen LogP contribution in [0.3, 0.4) is 0 Å². The fourth-order valence-electron chi connectivity index (χ4n) is 2.09. The molecule has 0 saturated carbocycles. The maximum Gasteiger partial charge on any atom is 0.307 e. The topological polar surface area (TPSA) is 66.8 Å². The summed E-state index contributed by atoms with van der Waals surface area (Å²) in [6, 6.07) is 8.57. The molecule has 0 aromatic heterocycles. The van der Waals surface area contributed by atoms with Crippen LogP contribution < -0.4 is 0 Å². The molecular formula is C16H23NO4. The minimum atomic E-state index is -0.337. The van der Waals surface area contributed by atoms with E-state index >= 15 is 0 Å². The van der Waals surface area contributed by atoms with E-state index in [1.54, 1.807) is 36.1 Å². The number of aliphatic hydroxyl groups is 1. The van der Waals surface area contributed by atoms with Gasteiger partial charge in [-0.2, -0.15) is 0 Å². The van der Waals surface area contributed by atoms with Crippen LogP contribution in [0.4, 0.5) is 0 Å². The van der Waals surface area contributed by atoms with Crippen LogP contribution in [-0.2, 0) is 9.53 Å². The number of esters is 1. The van der Waals surface area contributed by atoms with Crippen molar-refractivity contribution < 1.29 is 19.4 Å². The van der Waals surface area contributed by atoms with Gasteiger partial charge in [-0.1, -0.05) is 25.1 Å². The average molecular weight is 293 g/mol. The molecule has 1 amide bonds. The lowest BCUT2D eigenvalue weighted by atomic mass is 10.1. The number of carbonyl (C=O) groups excluding carboxylic acids is 2. The molecule has 1 unspecified atom stereocenters. The van der Waals surface area contributed by atoms with Crippen molar-refractivity contribution in [2.75, 3.05) is 19.8 Å². The summed E-state index contributed by atoms with van der Waals surface area (Å²) in [5.41, 5.74) is 0.549. The summed E-state index contributed by atoms with van der Waals surface area (Å²) in [6.07, 6.45) is 0.751. The molecule has 1 rings (SSSR count). The van der Waals surface area contributed by atoms with Gasteiger partial charge >= 0.3 is 5.97 Å². The third-order valence-corrected chi connectivity index (χ3v) is 3.27. The number of hydrogen-bond donors (Lipinski definition) is 1. The largest absolute Gasteiger partial charge is 0.466 e. The number of aliphatic hydroxyl groups excluding tert-OH is 1. The molecule has 21 heavy (non-hydrogen) atoms. The number of carbonyl (C=O) groups is 2. The first-order valence-corrected chi connectivity index (χ1v) is 7.26. The third kappa shape index (κ3) is 5.19. The second-order valence-electron chi connectivity index (χ2n) is 4.66. The lowest BCUT2D eigenvalue weighted by Crippen LogP contribution is -2.43. The van der Waals surface area contributed by atoms with Crippen molar-refractivity contribution in [3.8, 4) is 0 Å². The Balaban J connectivity index is 2.82. The van der Waals surface area contributed by atoms with E-state index in [2.05, 4.69) is 0 Å². The molecule has 0 heterocycles. The number of amides is 1. The van der Waals surface area contributed by atoms with Gasteiger partial charge in [0, 0.05) is 12.1 Å². The van der Waals surface area contributed by atoms with Crippen molar-refractivity contribution in [2.24, 2.45) is 0 Å². The van der Waals surface area contributed by atoms with Gasteiger partial charge in [0.15, 0.2) is 0 Å². The molecule has 0 spiro atoms. The van der Waals surface area contributed by atoms with Crippen LogP contribution in [0.2, 0.25) is 0 Å². The highest BCUT2D eigenvalue weighted by Crippen LogP contribution is 2.12. The zero-order valence-corrected chi connectivity index (χ0v) is 12.6. The molecular weight excluding hydrogens is 270 g/mol. The van der Waals surface area contributed by atoms with Crippen LogP contribution in [0.5, 0.6) is 0 Å². The van der Waals surface area contributed by atoms with Crippen molar-refractivity contribution >= 4 is 11.9 Å². The zero-order chi connectivity index (χ0) is 15.7. The predicted octanol–water partition coefficient (Wildman–Crippen LogP) is 1.85. The minimum Gasteiger partial charge on any atom is -0.466 e. The van der Waals surface area contributed by atoms with Crippen molar-refractivity contribution in [1.29, 1.82) is 0 Å². The standard InChI is InChI=1S/C16H23NO4/c1-3-14(12-18)17(11-10-15(19)21-4-2)16(20)13-8-6-5-7-9-13/h5-9,14,18H,3-4,10-12H2,1-2H3. The Kier molecular flexibility index (Phi) is 7.46. The molecule has 0 bridgehead atoms. The SMILES string of the molecule is CCOC(=O)CCN(C(=O)c1ccccc1)C(CC)CO. The molecule has 0 aliphatic heterocycles. The van der Waals surface area contributed by atoms with Crippen LogP contribution in [-0.4, -0.2) is 47.7 Å². The first-order chi connectivity index (χ1) is 10.1. The molecule has 1 aromatic carbocycles. The maximum atomic E-state index is 12.5. The van der Waals surface area contributed by atoms with Gasteiger partial charge < -0.3 is 14.7 Å². The Morgan fingerprint density at radius 1 is 1.24 bits per heavy atom. The Bertz CT molecular complexity index is 443. The maximum absolute atomic E-state index is 12.5. The van der Waals surface area contributed by atoms with Crippen molar-refractivity contribution in [1.82, 2.24) is 4.90 Å². The van der Waals surface area contributed by atoms with Crippen molar-refractivity contribution in [3.63, 3.8) is 0 Å². The molecule has 0 fully saturated rings. The summed E-state index contributed by atoms with van der Waals surface area (Å²) in [4.78, 5) is 25.6. The number of nitrogens with zero attached hydrogens (tertiary/aromatic N) is 1. The molecule has 1 atom stereocenters. The first kappa shape index (κ1) is 17.2. The van der Waals surface area contributed by atoms with E-state index in [4.69, 9.17) is 4.74 Å². The Labute approximate surface area is 125 Å². The second-order valence-corrected chi connectivity index (χ2v) is 4.66. The molecule has 116 valence electrons. The lowest BCUT2D eigenvalue weighted by Gasteiger charge is -2.29. The minimum absolute atomic E-state index is 0.127. The monoisotopic (exact) mass is 293 g/mol. The summed E-state index contributed by atoms with van der Waals surface area (Å²) in [5, 5.41) is 9.45. The van der Waals surface area contributed by atoms with Crippen LogP contribution >= 0.6 is 0 Å². The second kappa shape index (κ2) is 9.13. The molecule has 0 aliphatic rings. The average Bonchev–Trinajstić information content (AvgIpc) is 2.52. The Morgan fingerprint density at radius 2 is 1.90 bits per heavy atom. The highest BCUT2D eigenvalue weighted by molar-refractivity contribution is 5.94. The van der Waals surface area contributed by atoms with E-state index in [0.717, 1.165) is 0 Å². The van der Waals surface area contributed by atoms with Crippen molar-refractivity contribution in [2.45, 2.75) is 32.7 Å². The number of hydrogen-bond acceptors (Lipinski definition) is 4. The normalized spacial score (nSPS) is 11.8. The van der Waals surface area contributed by atoms with Gasteiger partial charge in [-0.3, -0.25) is 9.59 Å². The van der Waals surface area contributed by atoms with E-state index in [-0.39, 0.29) is 37.5 Å². The molecule has 5 heteroatoms. The van der Waals surface area contributed by atoms with E-state index in [1.807, 2.05) is 13.0 Å². The van der Waals surface area contributed by atoms with Gasteiger partial charge in [0.05, 0.1) is 25.7 Å². The highest BCUT2D eigenvalue weighted by Gasteiger charge is 2.23. The van der Waals surface area contributed by atoms with Gasteiger partial charge in [0.25, 0.3) is 5.91 Å². The van der Waals surface area contributed by atoms with Gasteiger partial charge in [0.1, 0.15) is 0 Å². The van der Waals surface area contributed by atoms with Gasteiger partial charge in [-0.15, -0.1) is 0 Å². The number of benzene rings is 1. The quantitative estimate of drug-likeness (QED) is 0.743. The first-order valence-electron chi connectivity index (χ1n) is 7.26. The summed E-state index contributed by atoms with van der Waals surface area (Å²) in [7, 11) is 0. The fraction of sp³-hybridized carbons (Fsp3) is 0.500. The van der Waals surface area contributed by atoms with Gasteiger partial charge in [-0.25, -0.2) is 0 Å². The third-order valence-electron chi connectivity index (χ3n) is 3.27. The molecule has 0 saturated heterocycles. The summed E-state index contributed by atoms with van der Waals surface area (Å²) >= 11 is 0. The van der Waals surface area contributed by atoms with Crippen LogP contribution in [0.25, 0.3) is 0 Å². The summed E-state index contributed by atoms with van der Waals surface area (Å²) in [5.74, 6) is -0.517. The molecule has 0 radical (unpaired) electrons. The summed E-state index contributed by atoms with van der Waals surface area (Å²) < 4.78 is 4.89. The highest BCUT2D eigenvalue weighted by atomic mass is 16.5. The van der Waals surface area contributed by atoms with E-state index < -0.39 is 0 Å². The molecule has 1 N–H and O–H groups in total. The Hall–Kier alpha value is -1.88. The Morgan fingerprint density at radius 3 is 2.43 bits per heavy atom. The molecule has 1 aromatic rings. The number of rotatable bonds is 8. The van der Waals surface area contributed by atoms with Gasteiger partial charge in [0.2, 0.25) is 0 Å². The zero-order valence-electron chi connectivity index (χ0n) is 12.6.